The number of rotatable bonds is 6. The number of hydrogen-bond acceptors (Lipinski definition) is 2. The summed E-state index contributed by atoms with van der Waals surface area (Å²) >= 11 is 5.39. The average Bonchev–Trinajstić information content (AvgIpc) is 2.28. The van der Waals surface area contributed by atoms with Crippen molar-refractivity contribution < 1.29 is 4.39 Å². The SMILES string of the molecule is CNC(CSC(C)C)Cc1cc(F)ccc1Br. The van der Waals surface area contributed by atoms with E-state index in [1.165, 1.54) is 6.07 Å². The van der Waals surface area contributed by atoms with Crippen molar-refractivity contribution in [2.75, 3.05) is 12.8 Å². The summed E-state index contributed by atoms with van der Waals surface area (Å²) in [6.07, 6.45) is 0.842. The molecule has 4 heteroatoms. The van der Waals surface area contributed by atoms with Gasteiger partial charge in [0, 0.05) is 16.3 Å². The molecule has 0 aliphatic rings. The highest BCUT2D eigenvalue weighted by atomic mass is 79.9. The first-order valence-electron chi connectivity index (χ1n) is 5.75. The van der Waals surface area contributed by atoms with Crippen molar-refractivity contribution >= 4 is 27.7 Å². The molecule has 0 saturated carbocycles. The molecule has 1 nitrogen and oxygen atoms in total. The molecule has 0 aromatic heterocycles. The van der Waals surface area contributed by atoms with E-state index in [-0.39, 0.29) is 5.82 Å². The number of likely N-dealkylation sites (N-methyl/N-ethyl adjacent to an activating group) is 1. The quantitative estimate of drug-likeness (QED) is 0.854. The Bertz CT molecular complexity index is 357. The zero-order chi connectivity index (χ0) is 12.8. The van der Waals surface area contributed by atoms with Gasteiger partial charge in [-0.2, -0.15) is 11.8 Å². The fourth-order valence-corrected chi connectivity index (χ4v) is 2.83. The Morgan fingerprint density at radius 2 is 2.12 bits per heavy atom. The van der Waals surface area contributed by atoms with E-state index in [1.807, 2.05) is 18.8 Å². The predicted molar refractivity (Wildman–Crippen MR) is 78.2 cm³/mol. The molecule has 1 rings (SSSR count). The molecule has 17 heavy (non-hydrogen) atoms. The summed E-state index contributed by atoms with van der Waals surface area (Å²) in [5, 5.41) is 3.92. The average molecular weight is 320 g/mol. The van der Waals surface area contributed by atoms with Crippen molar-refractivity contribution in [2.24, 2.45) is 0 Å². The predicted octanol–water partition coefficient (Wildman–Crippen LogP) is 3.86. The molecular weight excluding hydrogens is 301 g/mol. The van der Waals surface area contributed by atoms with Crippen LogP contribution in [0.25, 0.3) is 0 Å². The lowest BCUT2D eigenvalue weighted by molar-refractivity contribution is 0.601. The lowest BCUT2D eigenvalue weighted by atomic mass is 10.1. The van der Waals surface area contributed by atoms with Crippen LogP contribution in [0.2, 0.25) is 0 Å². The van der Waals surface area contributed by atoms with Crippen molar-refractivity contribution in [1.82, 2.24) is 5.32 Å². The van der Waals surface area contributed by atoms with Crippen molar-refractivity contribution in [3.05, 3.63) is 34.1 Å². The summed E-state index contributed by atoms with van der Waals surface area (Å²) in [5.41, 5.74) is 1.02. The van der Waals surface area contributed by atoms with Crippen LogP contribution >= 0.6 is 27.7 Å². The van der Waals surface area contributed by atoms with Gasteiger partial charge in [-0.25, -0.2) is 4.39 Å². The van der Waals surface area contributed by atoms with Gasteiger partial charge in [0.25, 0.3) is 0 Å². The second-order valence-electron chi connectivity index (χ2n) is 4.31. The maximum Gasteiger partial charge on any atom is 0.123 e. The topological polar surface area (TPSA) is 12.0 Å². The van der Waals surface area contributed by atoms with E-state index < -0.39 is 0 Å². The number of halogens is 2. The first-order valence-corrected chi connectivity index (χ1v) is 7.60. The lowest BCUT2D eigenvalue weighted by Gasteiger charge is -2.18. The summed E-state index contributed by atoms with van der Waals surface area (Å²) in [6.45, 7) is 4.38. The van der Waals surface area contributed by atoms with Crippen molar-refractivity contribution in [3.63, 3.8) is 0 Å². The first kappa shape index (κ1) is 15.0. The minimum absolute atomic E-state index is 0.172. The Kier molecular flexibility index (Phi) is 6.52. The van der Waals surface area contributed by atoms with E-state index in [2.05, 4.69) is 35.1 Å². The highest BCUT2D eigenvalue weighted by Crippen LogP contribution is 2.21. The van der Waals surface area contributed by atoms with Crippen LogP contribution in [0.3, 0.4) is 0 Å². The van der Waals surface area contributed by atoms with Crippen LogP contribution in [0.4, 0.5) is 4.39 Å². The Labute approximate surface area is 116 Å². The standard InChI is InChI=1S/C13H19BrFNS/c1-9(2)17-8-12(16-3)7-10-6-11(15)4-5-13(10)14/h4-6,9,12,16H,7-8H2,1-3H3. The van der Waals surface area contributed by atoms with Gasteiger partial charge in [-0.15, -0.1) is 0 Å². The fourth-order valence-electron chi connectivity index (χ4n) is 1.52. The fraction of sp³-hybridized carbons (Fsp3) is 0.538. The smallest absolute Gasteiger partial charge is 0.123 e. The molecule has 0 heterocycles. The zero-order valence-electron chi connectivity index (χ0n) is 10.5. The van der Waals surface area contributed by atoms with Crippen LogP contribution in [0.15, 0.2) is 22.7 Å². The summed E-state index contributed by atoms with van der Waals surface area (Å²) < 4.78 is 14.1. The third-order valence-electron chi connectivity index (χ3n) is 2.51. The molecule has 0 fully saturated rings. The Morgan fingerprint density at radius 1 is 1.41 bits per heavy atom. The summed E-state index contributed by atoms with van der Waals surface area (Å²) in [5.74, 6) is 0.867. The van der Waals surface area contributed by atoms with Crippen LogP contribution in [0, 0.1) is 5.82 Å². The minimum atomic E-state index is -0.172. The molecule has 0 aliphatic heterocycles. The highest BCUT2D eigenvalue weighted by molar-refractivity contribution is 9.10. The van der Waals surface area contributed by atoms with Gasteiger partial charge < -0.3 is 5.32 Å². The van der Waals surface area contributed by atoms with Crippen LogP contribution < -0.4 is 5.32 Å². The molecule has 0 amide bonds. The molecule has 1 aromatic rings. The molecular formula is C13H19BrFNS. The highest BCUT2D eigenvalue weighted by Gasteiger charge is 2.11. The van der Waals surface area contributed by atoms with Gasteiger partial charge in [0.15, 0.2) is 0 Å². The lowest BCUT2D eigenvalue weighted by Crippen LogP contribution is -2.30. The summed E-state index contributed by atoms with van der Waals surface area (Å²) in [4.78, 5) is 0. The molecule has 1 aromatic carbocycles. The van der Waals surface area contributed by atoms with E-state index in [0.717, 1.165) is 22.2 Å². The Morgan fingerprint density at radius 3 is 2.71 bits per heavy atom. The largest absolute Gasteiger partial charge is 0.316 e. The zero-order valence-corrected chi connectivity index (χ0v) is 12.9. The third kappa shape index (κ3) is 5.40. The van der Waals surface area contributed by atoms with Crippen molar-refractivity contribution in [3.8, 4) is 0 Å². The molecule has 1 N–H and O–H groups in total. The van der Waals surface area contributed by atoms with E-state index in [4.69, 9.17) is 0 Å². The van der Waals surface area contributed by atoms with Gasteiger partial charge >= 0.3 is 0 Å². The second kappa shape index (κ2) is 7.39. The maximum atomic E-state index is 13.2. The van der Waals surface area contributed by atoms with E-state index >= 15 is 0 Å². The van der Waals surface area contributed by atoms with Crippen LogP contribution in [0.1, 0.15) is 19.4 Å². The van der Waals surface area contributed by atoms with Crippen LogP contribution in [-0.2, 0) is 6.42 Å². The molecule has 0 aliphatic carbocycles. The maximum absolute atomic E-state index is 13.2. The van der Waals surface area contributed by atoms with E-state index in [1.54, 1.807) is 12.1 Å². The van der Waals surface area contributed by atoms with Crippen LogP contribution in [0.5, 0.6) is 0 Å². The number of thioether (sulfide) groups is 1. The summed E-state index contributed by atoms with van der Waals surface area (Å²) in [6, 6.07) is 5.23. The summed E-state index contributed by atoms with van der Waals surface area (Å²) in [7, 11) is 1.96. The van der Waals surface area contributed by atoms with Crippen molar-refractivity contribution in [1.29, 1.82) is 0 Å². The van der Waals surface area contributed by atoms with Gasteiger partial charge in [-0.05, 0) is 42.5 Å². The van der Waals surface area contributed by atoms with Gasteiger partial charge in [0.05, 0.1) is 0 Å². The van der Waals surface area contributed by atoms with Gasteiger partial charge in [-0.3, -0.25) is 0 Å². The van der Waals surface area contributed by atoms with E-state index in [9.17, 15) is 4.39 Å². The van der Waals surface area contributed by atoms with Gasteiger partial charge in [0.1, 0.15) is 5.82 Å². The monoisotopic (exact) mass is 319 g/mol. The second-order valence-corrected chi connectivity index (χ2v) is 6.77. The first-order chi connectivity index (χ1) is 8.02. The number of benzene rings is 1. The normalized spacial score (nSPS) is 13.1. The molecule has 1 unspecified atom stereocenters. The third-order valence-corrected chi connectivity index (χ3v) is 4.55. The molecule has 1 atom stereocenters. The molecule has 0 radical (unpaired) electrons. The van der Waals surface area contributed by atoms with E-state index in [0.29, 0.717) is 11.3 Å². The van der Waals surface area contributed by atoms with Gasteiger partial charge in [-0.1, -0.05) is 29.8 Å². The number of nitrogens with one attached hydrogen (secondary N) is 1. The molecule has 0 bridgehead atoms. The Balaban J connectivity index is 2.63. The Hall–Kier alpha value is -0.0600. The van der Waals surface area contributed by atoms with Crippen LogP contribution in [-0.4, -0.2) is 24.1 Å². The minimum Gasteiger partial charge on any atom is -0.316 e. The van der Waals surface area contributed by atoms with Crippen molar-refractivity contribution in [2.45, 2.75) is 31.6 Å². The van der Waals surface area contributed by atoms with Gasteiger partial charge in [0.2, 0.25) is 0 Å². The number of hydrogen-bond donors (Lipinski definition) is 1. The molecule has 96 valence electrons. The molecule has 0 spiro atoms. The molecule has 0 saturated heterocycles.